The number of aryl methyl sites for hydroxylation is 1. The smallest absolute Gasteiger partial charge is 0.258 e. The van der Waals surface area contributed by atoms with Gasteiger partial charge in [0.15, 0.2) is 0 Å². The number of carbonyl (C=O) groups is 1. The molecule has 2 aliphatic rings. The summed E-state index contributed by atoms with van der Waals surface area (Å²) >= 11 is 2.08. The maximum Gasteiger partial charge on any atom is 0.258 e. The van der Waals surface area contributed by atoms with Gasteiger partial charge in [0.2, 0.25) is 5.88 Å². The fourth-order valence-corrected chi connectivity index (χ4v) is 4.69. The van der Waals surface area contributed by atoms with Gasteiger partial charge in [-0.3, -0.25) is 14.4 Å². The second-order valence-electron chi connectivity index (χ2n) is 6.43. The Labute approximate surface area is 141 Å². The highest BCUT2D eigenvalue weighted by atomic mass is 32.2. The average Bonchev–Trinajstić information content (AvgIpc) is 3.22. The highest BCUT2D eigenvalue weighted by Crippen LogP contribution is 2.26. The molecule has 1 aromatic heterocycles. The van der Waals surface area contributed by atoms with Crippen LogP contribution in [0.1, 0.15) is 29.6 Å². The minimum Gasteiger partial charge on any atom is -0.479 e. The number of nitrogens with one attached hydrogen (secondary N) is 1. The normalized spacial score (nSPS) is 23.1. The topological polar surface area (TPSA) is 59.4 Å². The Balaban J connectivity index is 1.45. The third kappa shape index (κ3) is 4.01. The summed E-state index contributed by atoms with van der Waals surface area (Å²) in [6.07, 6.45) is 5.39. The summed E-state index contributed by atoms with van der Waals surface area (Å²) in [4.78, 5) is 14.9. The van der Waals surface area contributed by atoms with Crippen molar-refractivity contribution in [1.82, 2.24) is 20.0 Å². The number of aromatic nitrogens is 2. The summed E-state index contributed by atoms with van der Waals surface area (Å²) in [7, 11) is 3.33. The first-order chi connectivity index (χ1) is 11.2. The van der Waals surface area contributed by atoms with Gasteiger partial charge in [0.25, 0.3) is 5.91 Å². The fourth-order valence-electron chi connectivity index (χ4n) is 3.44. The standard InChI is InChI=1S/C16H26N4O2S/c1-19-10-14(16(18-19)22-2)15(21)17-9-12-3-6-20(7-4-12)13-5-8-23-11-13/h10,12-13H,3-9,11H2,1-2H3,(H,17,21). The van der Waals surface area contributed by atoms with E-state index in [2.05, 4.69) is 27.1 Å². The van der Waals surface area contributed by atoms with E-state index in [1.807, 2.05) is 0 Å². The summed E-state index contributed by atoms with van der Waals surface area (Å²) in [6, 6.07) is 0.787. The molecule has 1 N–H and O–H groups in total. The first kappa shape index (κ1) is 16.6. The molecule has 2 fully saturated rings. The summed E-state index contributed by atoms with van der Waals surface area (Å²) in [5, 5.41) is 7.17. The molecule has 0 aliphatic carbocycles. The second-order valence-corrected chi connectivity index (χ2v) is 7.58. The lowest BCUT2D eigenvalue weighted by atomic mass is 9.95. The average molecular weight is 338 g/mol. The first-order valence-corrected chi connectivity index (χ1v) is 9.50. The molecule has 23 heavy (non-hydrogen) atoms. The molecule has 1 amide bonds. The van der Waals surface area contributed by atoms with Gasteiger partial charge in [0.1, 0.15) is 5.56 Å². The number of hydrogen-bond donors (Lipinski definition) is 1. The van der Waals surface area contributed by atoms with Gasteiger partial charge in [0, 0.05) is 31.6 Å². The van der Waals surface area contributed by atoms with Gasteiger partial charge in [-0.1, -0.05) is 0 Å². The number of thioether (sulfide) groups is 1. The Kier molecular flexibility index (Phi) is 5.48. The van der Waals surface area contributed by atoms with Crippen LogP contribution < -0.4 is 10.1 Å². The molecule has 3 heterocycles. The molecule has 0 saturated carbocycles. The molecule has 3 rings (SSSR count). The third-order valence-corrected chi connectivity index (χ3v) is 6.00. The van der Waals surface area contributed by atoms with E-state index in [0.717, 1.165) is 12.6 Å². The van der Waals surface area contributed by atoms with Crippen molar-refractivity contribution in [2.75, 3.05) is 38.2 Å². The number of amides is 1. The van der Waals surface area contributed by atoms with Gasteiger partial charge in [-0.05, 0) is 44.0 Å². The van der Waals surface area contributed by atoms with Gasteiger partial charge in [-0.15, -0.1) is 5.10 Å². The SMILES string of the molecule is COc1nn(C)cc1C(=O)NCC1CCN(C2CCSC2)CC1. The Morgan fingerprint density at radius 3 is 2.87 bits per heavy atom. The Hall–Kier alpha value is -1.21. The van der Waals surface area contributed by atoms with Gasteiger partial charge in [0.05, 0.1) is 7.11 Å². The van der Waals surface area contributed by atoms with Crippen molar-refractivity contribution >= 4 is 17.7 Å². The Morgan fingerprint density at radius 1 is 1.43 bits per heavy atom. The van der Waals surface area contributed by atoms with Gasteiger partial charge in [-0.2, -0.15) is 11.8 Å². The van der Waals surface area contributed by atoms with Crippen molar-refractivity contribution in [2.45, 2.75) is 25.3 Å². The van der Waals surface area contributed by atoms with Crippen molar-refractivity contribution < 1.29 is 9.53 Å². The fraction of sp³-hybridized carbons (Fsp3) is 0.750. The van der Waals surface area contributed by atoms with Gasteiger partial charge < -0.3 is 10.1 Å². The molecular formula is C16H26N4O2S. The molecule has 0 bridgehead atoms. The molecule has 2 aliphatic heterocycles. The zero-order valence-corrected chi connectivity index (χ0v) is 14.8. The molecule has 1 atom stereocenters. The zero-order chi connectivity index (χ0) is 16.2. The summed E-state index contributed by atoms with van der Waals surface area (Å²) in [5.74, 6) is 3.48. The van der Waals surface area contributed by atoms with Crippen LogP contribution in [0.5, 0.6) is 5.88 Å². The third-order valence-electron chi connectivity index (χ3n) is 4.86. The quantitative estimate of drug-likeness (QED) is 0.879. The second kappa shape index (κ2) is 7.57. The van der Waals surface area contributed by atoms with Crippen LogP contribution in [-0.4, -0.2) is 64.9 Å². The number of likely N-dealkylation sites (tertiary alicyclic amines) is 1. The van der Waals surface area contributed by atoms with Crippen LogP contribution in [0.2, 0.25) is 0 Å². The largest absolute Gasteiger partial charge is 0.479 e. The van der Waals surface area contributed by atoms with E-state index in [1.165, 1.54) is 51.0 Å². The van der Waals surface area contributed by atoms with Gasteiger partial charge >= 0.3 is 0 Å². The Morgan fingerprint density at radius 2 is 2.22 bits per heavy atom. The Bertz CT molecular complexity index is 534. The number of rotatable bonds is 5. The predicted molar refractivity (Wildman–Crippen MR) is 92.1 cm³/mol. The summed E-state index contributed by atoms with van der Waals surface area (Å²) < 4.78 is 6.75. The lowest BCUT2D eigenvalue weighted by Crippen LogP contribution is -2.43. The molecule has 6 nitrogen and oxygen atoms in total. The number of hydrogen-bond acceptors (Lipinski definition) is 5. The van der Waals surface area contributed by atoms with Crippen LogP contribution in [0.4, 0.5) is 0 Å². The van der Waals surface area contributed by atoms with Gasteiger partial charge in [-0.25, -0.2) is 0 Å². The molecule has 0 aromatic carbocycles. The molecule has 128 valence electrons. The van der Waals surface area contributed by atoms with Crippen molar-refractivity contribution in [2.24, 2.45) is 13.0 Å². The van der Waals surface area contributed by atoms with E-state index in [4.69, 9.17) is 4.74 Å². The lowest BCUT2D eigenvalue weighted by molar-refractivity contribution is 0.0925. The molecule has 0 spiro atoms. The van der Waals surface area contributed by atoms with E-state index in [-0.39, 0.29) is 5.91 Å². The van der Waals surface area contributed by atoms with Crippen LogP contribution in [0.3, 0.4) is 0 Å². The minimum absolute atomic E-state index is 0.0930. The molecule has 7 heteroatoms. The van der Waals surface area contributed by atoms with E-state index < -0.39 is 0 Å². The maximum absolute atomic E-state index is 12.3. The highest BCUT2D eigenvalue weighted by molar-refractivity contribution is 7.99. The van der Waals surface area contributed by atoms with Crippen LogP contribution in [-0.2, 0) is 7.05 Å². The van der Waals surface area contributed by atoms with Crippen LogP contribution in [0.25, 0.3) is 0 Å². The molecule has 2 saturated heterocycles. The monoisotopic (exact) mass is 338 g/mol. The minimum atomic E-state index is -0.0930. The number of methoxy groups -OCH3 is 1. The number of piperidine rings is 1. The summed E-state index contributed by atoms with van der Waals surface area (Å²) in [6.45, 7) is 3.08. The molecule has 1 unspecified atom stereocenters. The lowest BCUT2D eigenvalue weighted by Gasteiger charge is -2.35. The van der Waals surface area contributed by atoms with Crippen molar-refractivity contribution in [3.63, 3.8) is 0 Å². The predicted octanol–water partition coefficient (Wildman–Crippen LogP) is 1.38. The maximum atomic E-state index is 12.3. The van der Waals surface area contributed by atoms with Crippen LogP contribution in [0.15, 0.2) is 6.20 Å². The zero-order valence-electron chi connectivity index (χ0n) is 14.0. The van der Waals surface area contributed by atoms with E-state index in [1.54, 1.807) is 17.9 Å². The number of nitrogens with zero attached hydrogens (tertiary/aromatic N) is 3. The molecule has 1 aromatic rings. The van der Waals surface area contributed by atoms with Crippen molar-refractivity contribution in [3.05, 3.63) is 11.8 Å². The van der Waals surface area contributed by atoms with Crippen molar-refractivity contribution in [1.29, 1.82) is 0 Å². The van der Waals surface area contributed by atoms with E-state index in [0.29, 0.717) is 17.4 Å². The first-order valence-electron chi connectivity index (χ1n) is 8.35. The number of ether oxygens (including phenoxy) is 1. The van der Waals surface area contributed by atoms with Crippen LogP contribution in [0, 0.1) is 5.92 Å². The van der Waals surface area contributed by atoms with E-state index >= 15 is 0 Å². The summed E-state index contributed by atoms with van der Waals surface area (Å²) in [5.41, 5.74) is 0.510. The molecular weight excluding hydrogens is 312 g/mol. The number of carbonyl (C=O) groups excluding carboxylic acids is 1. The van der Waals surface area contributed by atoms with Crippen LogP contribution >= 0.6 is 11.8 Å². The highest BCUT2D eigenvalue weighted by Gasteiger charge is 2.27. The van der Waals surface area contributed by atoms with E-state index in [9.17, 15) is 4.79 Å². The molecule has 0 radical (unpaired) electrons. The van der Waals surface area contributed by atoms with Crippen molar-refractivity contribution in [3.8, 4) is 5.88 Å².